The smallest absolute Gasteiger partial charge is 0.335 e. The number of nitro benzene ring substituents is 1. The summed E-state index contributed by atoms with van der Waals surface area (Å²) in [5, 5.41) is 32.6. The molecular formula is C22H21N5O8. The van der Waals surface area contributed by atoms with Crippen LogP contribution in [0.15, 0.2) is 67.0 Å². The molecule has 2 aromatic heterocycles. The Hall–Kier alpha value is -5.20. The Kier molecular flexibility index (Phi) is 11.2. The lowest BCUT2D eigenvalue weighted by molar-refractivity contribution is -0.384. The standard InChI is InChI=1S/C8H5NO6.2C7H8N2O/c10-7(11)4-1-5(8(12)13)3-6(2-4)9(14)15;2*1-6(10)9-7-4-2-3-5-8-7/h1-3H,(H,10,11)(H,12,13);2*2-5H,1H3,(H,8,9,10). The third-order valence-corrected chi connectivity index (χ3v) is 3.56. The molecule has 3 aromatic rings. The van der Waals surface area contributed by atoms with Crippen LogP contribution in [0.4, 0.5) is 17.3 Å². The topological polar surface area (TPSA) is 202 Å². The van der Waals surface area contributed by atoms with Crippen molar-refractivity contribution in [2.75, 3.05) is 10.6 Å². The molecular weight excluding hydrogens is 462 g/mol. The van der Waals surface area contributed by atoms with Crippen molar-refractivity contribution in [3.05, 3.63) is 88.2 Å². The van der Waals surface area contributed by atoms with Crippen LogP contribution in [-0.4, -0.2) is 48.9 Å². The van der Waals surface area contributed by atoms with Crippen LogP contribution in [0.3, 0.4) is 0 Å². The highest BCUT2D eigenvalue weighted by Crippen LogP contribution is 2.17. The number of carboxylic acids is 2. The van der Waals surface area contributed by atoms with Crippen LogP contribution in [-0.2, 0) is 9.59 Å². The highest BCUT2D eigenvalue weighted by Gasteiger charge is 2.16. The van der Waals surface area contributed by atoms with Gasteiger partial charge in [-0.1, -0.05) is 12.1 Å². The first-order chi connectivity index (χ1) is 16.5. The maximum absolute atomic E-state index is 10.5. The van der Waals surface area contributed by atoms with Gasteiger partial charge in [0.05, 0.1) is 16.1 Å². The SMILES string of the molecule is CC(=O)Nc1ccccn1.CC(=O)Nc1ccccn1.O=C(O)c1cc(C(=O)O)cc([N+](=O)[O-])c1. The van der Waals surface area contributed by atoms with Gasteiger partial charge in [0, 0.05) is 38.4 Å². The van der Waals surface area contributed by atoms with E-state index in [4.69, 9.17) is 10.2 Å². The van der Waals surface area contributed by atoms with E-state index in [1.54, 1.807) is 36.7 Å². The summed E-state index contributed by atoms with van der Waals surface area (Å²) in [6.07, 6.45) is 3.26. The van der Waals surface area contributed by atoms with Gasteiger partial charge in [0.2, 0.25) is 11.8 Å². The molecule has 0 saturated carbocycles. The zero-order chi connectivity index (χ0) is 26.4. The molecule has 35 heavy (non-hydrogen) atoms. The second-order valence-electron chi connectivity index (χ2n) is 6.43. The molecule has 182 valence electrons. The van der Waals surface area contributed by atoms with Gasteiger partial charge in [-0.15, -0.1) is 0 Å². The second kappa shape index (κ2) is 14.1. The van der Waals surface area contributed by atoms with E-state index >= 15 is 0 Å². The van der Waals surface area contributed by atoms with E-state index in [-0.39, 0.29) is 11.8 Å². The van der Waals surface area contributed by atoms with E-state index in [0.717, 1.165) is 18.2 Å². The molecule has 0 atom stereocenters. The summed E-state index contributed by atoms with van der Waals surface area (Å²) in [4.78, 5) is 59.3. The second-order valence-corrected chi connectivity index (χ2v) is 6.43. The van der Waals surface area contributed by atoms with E-state index in [2.05, 4.69) is 20.6 Å². The monoisotopic (exact) mass is 483 g/mol. The van der Waals surface area contributed by atoms with Crippen LogP contribution in [0.25, 0.3) is 0 Å². The number of hydrogen-bond donors (Lipinski definition) is 4. The molecule has 4 N–H and O–H groups in total. The Morgan fingerprint density at radius 3 is 1.43 bits per heavy atom. The number of nitrogens with one attached hydrogen (secondary N) is 2. The molecule has 0 radical (unpaired) electrons. The number of carbonyl (C=O) groups is 4. The van der Waals surface area contributed by atoms with Crippen LogP contribution >= 0.6 is 0 Å². The lowest BCUT2D eigenvalue weighted by Gasteiger charge is -1.98. The predicted octanol–water partition coefficient (Wildman–Crippen LogP) is 3.07. The molecule has 13 heteroatoms. The number of aromatic nitrogens is 2. The summed E-state index contributed by atoms with van der Waals surface area (Å²) in [7, 11) is 0. The van der Waals surface area contributed by atoms with E-state index in [1.807, 2.05) is 12.1 Å². The lowest BCUT2D eigenvalue weighted by atomic mass is 10.1. The van der Waals surface area contributed by atoms with Gasteiger partial charge < -0.3 is 20.8 Å². The third-order valence-electron chi connectivity index (χ3n) is 3.56. The molecule has 0 fully saturated rings. The number of aromatic carboxylic acids is 2. The fraction of sp³-hybridized carbons (Fsp3) is 0.0909. The number of nitro groups is 1. The average Bonchev–Trinajstić information content (AvgIpc) is 2.80. The summed E-state index contributed by atoms with van der Waals surface area (Å²) in [6, 6.07) is 13.2. The highest BCUT2D eigenvalue weighted by molar-refractivity contribution is 5.95. The van der Waals surface area contributed by atoms with Gasteiger partial charge in [-0.05, 0) is 30.3 Å². The van der Waals surface area contributed by atoms with E-state index < -0.39 is 33.7 Å². The molecule has 0 unspecified atom stereocenters. The Bertz CT molecular complexity index is 1060. The van der Waals surface area contributed by atoms with Crippen molar-refractivity contribution >= 4 is 41.1 Å². The zero-order valence-electron chi connectivity index (χ0n) is 18.5. The normalized spacial score (nSPS) is 9.20. The number of carboxylic acid groups (broad SMARTS) is 2. The van der Waals surface area contributed by atoms with Gasteiger partial charge in [0.1, 0.15) is 11.6 Å². The van der Waals surface area contributed by atoms with E-state index in [0.29, 0.717) is 11.6 Å². The first kappa shape index (κ1) is 27.8. The lowest BCUT2D eigenvalue weighted by Crippen LogP contribution is -2.06. The van der Waals surface area contributed by atoms with Crippen molar-refractivity contribution in [1.29, 1.82) is 0 Å². The number of amides is 2. The van der Waals surface area contributed by atoms with Gasteiger partial charge in [0.15, 0.2) is 0 Å². The number of pyridine rings is 2. The molecule has 0 aliphatic heterocycles. The number of hydrogen-bond acceptors (Lipinski definition) is 8. The van der Waals surface area contributed by atoms with E-state index in [9.17, 15) is 29.3 Å². The van der Waals surface area contributed by atoms with Crippen molar-refractivity contribution in [2.24, 2.45) is 0 Å². The molecule has 2 amide bonds. The number of carbonyl (C=O) groups excluding carboxylic acids is 2. The van der Waals surface area contributed by atoms with Gasteiger partial charge in [-0.3, -0.25) is 19.7 Å². The number of benzene rings is 1. The molecule has 0 saturated heterocycles. The van der Waals surface area contributed by atoms with Crippen LogP contribution < -0.4 is 10.6 Å². The summed E-state index contributed by atoms with van der Waals surface area (Å²) in [5.74, 6) is -1.84. The Morgan fingerprint density at radius 1 is 0.771 bits per heavy atom. The molecule has 1 aromatic carbocycles. The van der Waals surface area contributed by atoms with Gasteiger partial charge in [-0.2, -0.15) is 0 Å². The van der Waals surface area contributed by atoms with Crippen LogP contribution in [0.5, 0.6) is 0 Å². The maximum atomic E-state index is 10.5. The minimum atomic E-state index is -1.42. The first-order valence-electron chi connectivity index (χ1n) is 9.63. The fourth-order valence-electron chi connectivity index (χ4n) is 2.20. The first-order valence-corrected chi connectivity index (χ1v) is 9.63. The summed E-state index contributed by atoms with van der Waals surface area (Å²) in [5.41, 5.74) is -1.42. The summed E-state index contributed by atoms with van der Waals surface area (Å²) in [6.45, 7) is 2.91. The third kappa shape index (κ3) is 11.3. The number of anilines is 2. The van der Waals surface area contributed by atoms with Crippen LogP contribution in [0.1, 0.15) is 34.6 Å². The molecule has 0 aliphatic carbocycles. The zero-order valence-corrected chi connectivity index (χ0v) is 18.5. The van der Waals surface area contributed by atoms with Crippen molar-refractivity contribution in [3.63, 3.8) is 0 Å². The molecule has 3 rings (SSSR count). The highest BCUT2D eigenvalue weighted by atomic mass is 16.6. The largest absolute Gasteiger partial charge is 0.478 e. The Labute approximate surface area is 198 Å². The predicted molar refractivity (Wildman–Crippen MR) is 124 cm³/mol. The summed E-state index contributed by atoms with van der Waals surface area (Å²) < 4.78 is 0. The maximum Gasteiger partial charge on any atom is 0.335 e. The number of non-ortho nitro benzene ring substituents is 1. The quantitative estimate of drug-likeness (QED) is 0.308. The Morgan fingerprint density at radius 2 is 1.17 bits per heavy atom. The van der Waals surface area contributed by atoms with Crippen LogP contribution in [0, 0.1) is 10.1 Å². The number of nitrogens with zero attached hydrogens (tertiary/aromatic N) is 3. The number of rotatable bonds is 5. The van der Waals surface area contributed by atoms with Crippen molar-refractivity contribution in [1.82, 2.24) is 9.97 Å². The molecule has 0 aliphatic rings. The fourth-order valence-corrected chi connectivity index (χ4v) is 2.20. The minimum Gasteiger partial charge on any atom is -0.478 e. The van der Waals surface area contributed by atoms with Gasteiger partial charge >= 0.3 is 11.9 Å². The molecule has 0 bridgehead atoms. The minimum absolute atomic E-state index is 0.0984. The van der Waals surface area contributed by atoms with Crippen molar-refractivity contribution < 1.29 is 34.3 Å². The molecule has 0 spiro atoms. The van der Waals surface area contributed by atoms with Crippen molar-refractivity contribution in [2.45, 2.75) is 13.8 Å². The van der Waals surface area contributed by atoms with E-state index in [1.165, 1.54) is 13.8 Å². The summed E-state index contributed by atoms with van der Waals surface area (Å²) >= 11 is 0. The molecule has 2 heterocycles. The molecule has 13 nitrogen and oxygen atoms in total. The van der Waals surface area contributed by atoms with Gasteiger partial charge in [-0.25, -0.2) is 19.6 Å². The van der Waals surface area contributed by atoms with Crippen molar-refractivity contribution in [3.8, 4) is 0 Å². The van der Waals surface area contributed by atoms with Gasteiger partial charge in [0.25, 0.3) is 5.69 Å². The Balaban J connectivity index is 0.000000271. The van der Waals surface area contributed by atoms with Crippen LogP contribution in [0.2, 0.25) is 0 Å². The average molecular weight is 483 g/mol.